The lowest BCUT2D eigenvalue weighted by Gasteiger charge is -2.40. The Bertz CT molecular complexity index is 215. The maximum Gasteiger partial charge on any atom is 0.0946 e. The van der Waals surface area contributed by atoms with E-state index in [9.17, 15) is 4.91 Å². The molecule has 0 aromatic carbocycles. The fraction of sp³-hybridized carbons (Fsp3) is 1.00. The average molecular weight is 182 g/mol. The minimum Gasteiger partial charge on any atom is -0.295 e. The number of piperidine rings is 1. The summed E-state index contributed by atoms with van der Waals surface area (Å²) in [7, 11) is 0. The molecule has 74 valence electrons. The molecular weight excluding hydrogens is 164 g/mol. The van der Waals surface area contributed by atoms with Crippen molar-refractivity contribution in [2.75, 3.05) is 6.54 Å². The quantitative estimate of drug-likeness (QED) is 0.582. The molecule has 3 nitrogen and oxygen atoms in total. The molecule has 0 amide bonds. The summed E-state index contributed by atoms with van der Waals surface area (Å²) in [6.45, 7) is 5.68. The normalized spacial score (nSPS) is 38.6. The minimum absolute atomic E-state index is 0.0927. The van der Waals surface area contributed by atoms with E-state index in [2.05, 4.69) is 23.9 Å². The van der Waals surface area contributed by atoms with Gasteiger partial charge in [0.2, 0.25) is 0 Å². The van der Waals surface area contributed by atoms with Gasteiger partial charge < -0.3 is 0 Å². The number of hydrogen-bond acceptors (Lipinski definition) is 3. The molecule has 2 fully saturated rings. The van der Waals surface area contributed by atoms with E-state index >= 15 is 0 Å². The third-order valence-electron chi connectivity index (χ3n) is 3.70. The van der Waals surface area contributed by atoms with Crippen LogP contribution in [0.1, 0.15) is 39.5 Å². The topological polar surface area (TPSA) is 32.7 Å². The van der Waals surface area contributed by atoms with Gasteiger partial charge in [-0.05, 0) is 39.5 Å². The van der Waals surface area contributed by atoms with Crippen molar-refractivity contribution >= 4 is 0 Å². The zero-order chi connectivity index (χ0) is 9.47. The van der Waals surface area contributed by atoms with Gasteiger partial charge in [0, 0.05) is 18.1 Å². The Morgan fingerprint density at radius 2 is 2.15 bits per heavy atom. The van der Waals surface area contributed by atoms with Gasteiger partial charge in [0.25, 0.3) is 0 Å². The second kappa shape index (κ2) is 3.05. The molecule has 2 aliphatic rings. The van der Waals surface area contributed by atoms with Crippen molar-refractivity contribution < 1.29 is 0 Å². The summed E-state index contributed by atoms with van der Waals surface area (Å²) in [6.07, 6.45) is 4.47. The van der Waals surface area contributed by atoms with Crippen LogP contribution in [0.25, 0.3) is 0 Å². The van der Waals surface area contributed by atoms with Crippen LogP contribution in [0.5, 0.6) is 0 Å². The van der Waals surface area contributed by atoms with E-state index in [0.29, 0.717) is 11.6 Å². The van der Waals surface area contributed by atoms with Crippen LogP contribution in [0.4, 0.5) is 0 Å². The smallest absolute Gasteiger partial charge is 0.0946 e. The van der Waals surface area contributed by atoms with Crippen LogP contribution in [-0.2, 0) is 0 Å². The fourth-order valence-electron chi connectivity index (χ4n) is 2.86. The molecule has 2 rings (SSSR count). The molecule has 2 atom stereocenters. The predicted molar refractivity (Wildman–Crippen MR) is 52.6 cm³/mol. The highest BCUT2D eigenvalue weighted by molar-refractivity contribution is 4.99. The highest BCUT2D eigenvalue weighted by Gasteiger charge is 2.42. The molecule has 0 N–H and O–H groups in total. The van der Waals surface area contributed by atoms with E-state index in [4.69, 9.17) is 0 Å². The third kappa shape index (κ3) is 1.50. The lowest BCUT2D eigenvalue weighted by atomic mass is 9.98. The standard InChI is InChI=1S/C10H18N2O/c1-10(2)5-3-9-7-8(11-13)4-6-12(9)10/h8-9H,3-7H2,1-2H3. The molecule has 0 aromatic rings. The van der Waals surface area contributed by atoms with Gasteiger partial charge in [-0.25, -0.2) is 0 Å². The van der Waals surface area contributed by atoms with E-state index in [1.807, 2.05) is 0 Å². The van der Waals surface area contributed by atoms with Crippen LogP contribution in [0.2, 0.25) is 0 Å². The van der Waals surface area contributed by atoms with E-state index in [0.717, 1.165) is 19.4 Å². The first-order valence-corrected chi connectivity index (χ1v) is 5.23. The van der Waals surface area contributed by atoms with Crippen molar-refractivity contribution in [2.45, 2.75) is 57.2 Å². The van der Waals surface area contributed by atoms with E-state index in [1.165, 1.54) is 12.8 Å². The van der Waals surface area contributed by atoms with E-state index in [1.54, 1.807) is 0 Å². The van der Waals surface area contributed by atoms with Crippen molar-refractivity contribution in [1.82, 2.24) is 4.90 Å². The Morgan fingerprint density at radius 3 is 2.85 bits per heavy atom. The Morgan fingerprint density at radius 1 is 1.38 bits per heavy atom. The molecule has 2 unspecified atom stereocenters. The average Bonchev–Trinajstić information content (AvgIpc) is 2.42. The van der Waals surface area contributed by atoms with Crippen molar-refractivity contribution in [2.24, 2.45) is 5.18 Å². The van der Waals surface area contributed by atoms with Crippen molar-refractivity contribution in [3.8, 4) is 0 Å². The van der Waals surface area contributed by atoms with Gasteiger partial charge >= 0.3 is 0 Å². The van der Waals surface area contributed by atoms with Crippen LogP contribution < -0.4 is 0 Å². The monoisotopic (exact) mass is 182 g/mol. The first-order chi connectivity index (χ1) is 6.13. The van der Waals surface area contributed by atoms with Crippen molar-refractivity contribution in [1.29, 1.82) is 0 Å². The third-order valence-corrected chi connectivity index (χ3v) is 3.70. The lowest BCUT2D eigenvalue weighted by molar-refractivity contribution is 0.0891. The van der Waals surface area contributed by atoms with Crippen molar-refractivity contribution in [3.63, 3.8) is 0 Å². The fourth-order valence-corrected chi connectivity index (χ4v) is 2.86. The minimum atomic E-state index is 0.0927. The maximum atomic E-state index is 10.4. The van der Waals surface area contributed by atoms with Crippen molar-refractivity contribution in [3.05, 3.63) is 4.91 Å². The van der Waals surface area contributed by atoms with E-state index < -0.39 is 0 Å². The SMILES string of the molecule is CC1(C)CCC2CC(N=O)CCN21. The summed E-state index contributed by atoms with van der Waals surface area (Å²) in [5, 5.41) is 3.18. The summed E-state index contributed by atoms with van der Waals surface area (Å²) in [5.74, 6) is 0. The Balaban J connectivity index is 2.06. The van der Waals surface area contributed by atoms with Crippen LogP contribution in [0.15, 0.2) is 5.18 Å². The number of fused-ring (bicyclic) bond motifs is 1. The van der Waals surface area contributed by atoms with Gasteiger partial charge in [-0.15, -0.1) is 0 Å². The second-order valence-corrected chi connectivity index (χ2v) is 4.98. The van der Waals surface area contributed by atoms with Gasteiger partial charge in [-0.2, -0.15) is 4.91 Å². The Hall–Kier alpha value is -0.440. The molecule has 0 radical (unpaired) electrons. The molecule has 2 heterocycles. The molecule has 0 bridgehead atoms. The summed E-state index contributed by atoms with van der Waals surface area (Å²) < 4.78 is 0. The number of nitroso groups, excluding NO2 is 1. The van der Waals surface area contributed by atoms with Crippen LogP contribution in [0, 0.1) is 4.91 Å². The molecule has 2 aliphatic heterocycles. The molecule has 2 saturated heterocycles. The zero-order valence-electron chi connectivity index (χ0n) is 8.49. The summed E-state index contributed by atoms with van der Waals surface area (Å²) in [4.78, 5) is 13.0. The van der Waals surface area contributed by atoms with Crippen LogP contribution in [0.3, 0.4) is 0 Å². The summed E-state index contributed by atoms with van der Waals surface area (Å²) >= 11 is 0. The Kier molecular flexibility index (Phi) is 2.14. The van der Waals surface area contributed by atoms with Gasteiger partial charge in [0.1, 0.15) is 0 Å². The molecule has 0 saturated carbocycles. The number of rotatable bonds is 1. The lowest BCUT2D eigenvalue weighted by Crippen LogP contribution is -2.48. The number of nitrogens with zero attached hydrogens (tertiary/aromatic N) is 2. The predicted octanol–water partition coefficient (Wildman–Crippen LogP) is 2.16. The van der Waals surface area contributed by atoms with Gasteiger partial charge in [0.15, 0.2) is 0 Å². The largest absolute Gasteiger partial charge is 0.295 e. The summed E-state index contributed by atoms with van der Waals surface area (Å²) in [6, 6.07) is 0.724. The first kappa shape index (κ1) is 9.13. The highest BCUT2D eigenvalue weighted by atomic mass is 16.3. The molecule has 0 aromatic heterocycles. The van der Waals surface area contributed by atoms with Crippen LogP contribution >= 0.6 is 0 Å². The molecular formula is C10H18N2O. The molecule has 13 heavy (non-hydrogen) atoms. The molecule has 3 heteroatoms. The number of hydrogen-bond donors (Lipinski definition) is 0. The van der Waals surface area contributed by atoms with Crippen LogP contribution in [-0.4, -0.2) is 29.1 Å². The molecule has 0 spiro atoms. The highest BCUT2D eigenvalue weighted by Crippen LogP contribution is 2.38. The van der Waals surface area contributed by atoms with Gasteiger partial charge in [0.05, 0.1) is 6.04 Å². The first-order valence-electron chi connectivity index (χ1n) is 5.23. The van der Waals surface area contributed by atoms with Gasteiger partial charge in [-0.3, -0.25) is 4.90 Å². The maximum absolute atomic E-state index is 10.4. The Labute approximate surface area is 79.5 Å². The van der Waals surface area contributed by atoms with Gasteiger partial charge in [-0.1, -0.05) is 5.18 Å². The summed E-state index contributed by atoms with van der Waals surface area (Å²) in [5.41, 5.74) is 0.360. The molecule has 0 aliphatic carbocycles. The van der Waals surface area contributed by atoms with E-state index in [-0.39, 0.29) is 6.04 Å². The zero-order valence-corrected chi connectivity index (χ0v) is 8.49. The second-order valence-electron chi connectivity index (χ2n) is 4.98.